The highest BCUT2D eigenvalue weighted by Crippen LogP contribution is 2.21. The van der Waals surface area contributed by atoms with Gasteiger partial charge in [0.1, 0.15) is 0 Å². The minimum atomic E-state index is -0.245. The van der Waals surface area contributed by atoms with E-state index in [-0.39, 0.29) is 30.3 Å². The molecule has 0 bridgehead atoms. The highest BCUT2D eigenvalue weighted by atomic mass is 35.5. The maximum Gasteiger partial charge on any atom is 0.253 e. The number of carbonyl (C=O) groups is 2. The van der Waals surface area contributed by atoms with Crippen LogP contribution < -0.4 is 10.6 Å². The molecule has 0 unspecified atom stereocenters. The van der Waals surface area contributed by atoms with Crippen LogP contribution in [0.15, 0.2) is 42.5 Å². The molecule has 0 radical (unpaired) electrons. The average Bonchev–Trinajstić information content (AvgIpc) is 3.23. The molecule has 148 valence electrons. The van der Waals surface area contributed by atoms with Crippen LogP contribution in [0.5, 0.6) is 0 Å². The minimum absolute atomic E-state index is 0. The van der Waals surface area contributed by atoms with Gasteiger partial charge in [0.15, 0.2) is 0 Å². The number of hydrogen-bond acceptors (Lipinski definition) is 3. The average molecular weight is 400 g/mol. The molecule has 0 aliphatic carbocycles. The molecule has 2 heterocycles. The summed E-state index contributed by atoms with van der Waals surface area (Å²) in [6, 6.07) is 13.5. The Kier molecular flexibility index (Phi) is 6.37. The zero-order chi connectivity index (χ0) is 18.8. The predicted octanol–water partition coefficient (Wildman–Crippen LogP) is 3.31. The van der Waals surface area contributed by atoms with E-state index in [2.05, 4.69) is 22.8 Å². The second-order valence-electron chi connectivity index (χ2n) is 7.42. The van der Waals surface area contributed by atoms with E-state index in [4.69, 9.17) is 0 Å². The fraction of sp³-hybridized carbons (Fsp3) is 0.364. The lowest BCUT2D eigenvalue weighted by Gasteiger charge is -2.25. The van der Waals surface area contributed by atoms with Crippen LogP contribution >= 0.6 is 12.4 Å². The maximum atomic E-state index is 12.7. The first kappa shape index (κ1) is 20.4. The standard InChI is InChI=1S/C22H25N3O2.ClH/c1-15-12-17(22(27)25-10-4-5-11-25)8-9-19(15)24-21(26)20-13-16-6-2-3-7-18(16)14-23-20;/h2-3,6-9,12,20,23H,4-5,10-11,13-14H2,1H3,(H,24,26);1H/t20-;/m1./s1. The van der Waals surface area contributed by atoms with Crippen LogP contribution in [0, 0.1) is 6.92 Å². The number of aryl methyl sites for hydroxylation is 1. The quantitative estimate of drug-likeness (QED) is 0.832. The zero-order valence-corrected chi connectivity index (χ0v) is 16.8. The summed E-state index contributed by atoms with van der Waals surface area (Å²) >= 11 is 0. The van der Waals surface area contributed by atoms with E-state index >= 15 is 0 Å². The molecule has 2 aliphatic heterocycles. The van der Waals surface area contributed by atoms with E-state index in [0.29, 0.717) is 18.5 Å². The summed E-state index contributed by atoms with van der Waals surface area (Å²) in [5.41, 5.74) is 4.84. The molecule has 0 spiro atoms. The number of likely N-dealkylation sites (tertiary alicyclic amines) is 1. The number of carbonyl (C=O) groups excluding carboxylic acids is 2. The van der Waals surface area contributed by atoms with Gasteiger partial charge in [-0.05, 0) is 61.1 Å². The molecule has 2 aromatic carbocycles. The molecule has 4 rings (SSSR count). The lowest BCUT2D eigenvalue weighted by atomic mass is 9.95. The normalized spacial score (nSPS) is 18.2. The van der Waals surface area contributed by atoms with Crippen LogP contribution in [0.1, 0.15) is 39.9 Å². The SMILES string of the molecule is Cc1cc(C(=O)N2CCCC2)ccc1NC(=O)[C@H]1Cc2ccccc2CN1.Cl. The van der Waals surface area contributed by atoms with Gasteiger partial charge in [-0.2, -0.15) is 0 Å². The number of amides is 2. The number of nitrogens with one attached hydrogen (secondary N) is 2. The summed E-state index contributed by atoms with van der Waals surface area (Å²) in [6.45, 7) is 4.31. The zero-order valence-electron chi connectivity index (χ0n) is 16.0. The number of hydrogen-bond donors (Lipinski definition) is 2. The minimum Gasteiger partial charge on any atom is -0.339 e. The van der Waals surface area contributed by atoms with E-state index in [1.165, 1.54) is 11.1 Å². The third-order valence-corrected chi connectivity index (χ3v) is 5.52. The topological polar surface area (TPSA) is 61.4 Å². The van der Waals surface area contributed by atoms with Gasteiger partial charge in [-0.15, -0.1) is 12.4 Å². The molecule has 2 amide bonds. The van der Waals surface area contributed by atoms with Gasteiger partial charge in [0, 0.05) is 30.9 Å². The Morgan fingerprint density at radius 2 is 1.79 bits per heavy atom. The van der Waals surface area contributed by atoms with Crippen molar-refractivity contribution in [1.82, 2.24) is 10.2 Å². The lowest BCUT2D eigenvalue weighted by Crippen LogP contribution is -2.44. The van der Waals surface area contributed by atoms with Gasteiger partial charge < -0.3 is 15.5 Å². The fourth-order valence-corrected chi connectivity index (χ4v) is 3.90. The van der Waals surface area contributed by atoms with Crippen LogP contribution in [0.3, 0.4) is 0 Å². The molecule has 0 saturated carbocycles. The summed E-state index contributed by atoms with van der Waals surface area (Å²) in [4.78, 5) is 27.1. The van der Waals surface area contributed by atoms with Crippen molar-refractivity contribution in [3.8, 4) is 0 Å². The van der Waals surface area contributed by atoms with Crippen molar-refractivity contribution in [1.29, 1.82) is 0 Å². The van der Waals surface area contributed by atoms with Crippen molar-refractivity contribution in [3.05, 3.63) is 64.7 Å². The molecule has 28 heavy (non-hydrogen) atoms. The van der Waals surface area contributed by atoms with Crippen LogP contribution in [0.4, 0.5) is 5.69 Å². The van der Waals surface area contributed by atoms with E-state index in [9.17, 15) is 9.59 Å². The van der Waals surface area contributed by atoms with Gasteiger partial charge in [-0.3, -0.25) is 9.59 Å². The van der Waals surface area contributed by atoms with Crippen LogP contribution in [-0.2, 0) is 17.8 Å². The first-order valence-corrected chi connectivity index (χ1v) is 9.63. The van der Waals surface area contributed by atoms with Crippen LogP contribution in [0.25, 0.3) is 0 Å². The van der Waals surface area contributed by atoms with E-state index in [1.54, 1.807) is 0 Å². The second-order valence-corrected chi connectivity index (χ2v) is 7.42. The fourth-order valence-electron chi connectivity index (χ4n) is 3.90. The monoisotopic (exact) mass is 399 g/mol. The Morgan fingerprint density at radius 1 is 1.07 bits per heavy atom. The highest BCUT2D eigenvalue weighted by molar-refractivity contribution is 5.98. The van der Waals surface area contributed by atoms with Crippen LogP contribution in [0.2, 0.25) is 0 Å². The Bertz CT molecular complexity index is 878. The Hall–Kier alpha value is -2.37. The predicted molar refractivity (Wildman–Crippen MR) is 113 cm³/mol. The molecule has 0 aromatic heterocycles. The largest absolute Gasteiger partial charge is 0.339 e. The summed E-state index contributed by atoms with van der Waals surface area (Å²) < 4.78 is 0. The van der Waals surface area contributed by atoms with Crippen molar-refractivity contribution in [2.75, 3.05) is 18.4 Å². The van der Waals surface area contributed by atoms with Gasteiger partial charge in [-0.1, -0.05) is 24.3 Å². The molecular weight excluding hydrogens is 374 g/mol. The van der Waals surface area contributed by atoms with Gasteiger partial charge in [0.2, 0.25) is 5.91 Å². The Morgan fingerprint density at radius 3 is 2.50 bits per heavy atom. The summed E-state index contributed by atoms with van der Waals surface area (Å²) in [7, 11) is 0. The number of halogens is 1. The molecule has 6 heteroatoms. The second kappa shape index (κ2) is 8.76. The van der Waals surface area contributed by atoms with E-state index in [1.807, 2.05) is 42.2 Å². The van der Waals surface area contributed by atoms with Crippen LogP contribution in [-0.4, -0.2) is 35.8 Å². The lowest BCUT2D eigenvalue weighted by molar-refractivity contribution is -0.118. The molecule has 1 atom stereocenters. The van der Waals surface area contributed by atoms with E-state index < -0.39 is 0 Å². The number of benzene rings is 2. The molecule has 1 fully saturated rings. The number of rotatable bonds is 3. The number of fused-ring (bicyclic) bond motifs is 1. The Labute approximate surface area is 171 Å². The Balaban J connectivity index is 0.00000225. The van der Waals surface area contributed by atoms with Gasteiger partial charge in [0.05, 0.1) is 6.04 Å². The third kappa shape index (κ3) is 4.21. The van der Waals surface area contributed by atoms with Crippen molar-refractivity contribution in [2.24, 2.45) is 0 Å². The van der Waals surface area contributed by atoms with Crippen molar-refractivity contribution >= 4 is 29.9 Å². The van der Waals surface area contributed by atoms with Gasteiger partial charge in [-0.25, -0.2) is 0 Å². The summed E-state index contributed by atoms with van der Waals surface area (Å²) in [5, 5.41) is 6.33. The third-order valence-electron chi connectivity index (χ3n) is 5.52. The van der Waals surface area contributed by atoms with Gasteiger partial charge in [0.25, 0.3) is 5.91 Å². The molecular formula is C22H26ClN3O2. The first-order valence-electron chi connectivity index (χ1n) is 9.63. The van der Waals surface area contributed by atoms with E-state index in [0.717, 1.165) is 37.2 Å². The van der Waals surface area contributed by atoms with Crippen molar-refractivity contribution in [2.45, 2.75) is 38.8 Å². The summed E-state index contributed by atoms with van der Waals surface area (Å²) in [5.74, 6) is 0.0465. The highest BCUT2D eigenvalue weighted by Gasteiger charge is 2.25. The number of nitrogens with zero attached hydrogens (tertiary/aromatic N) is 1. The smallest absolute Gasteiger partial charge is 0.253 e. The molecule has 5 nitrogen and oxygen atoms in total. The van der Waals surface area contributed by atoms with Gasteiger partial charge >= 0.3 is 0 Å². The molecule has 2 aliphatic rings. The summed E-state index contributed by atoms with van der Waals surface area (Å²) in [6.07, 6.45) is 2.85. The first-order chi connectivity index (χ1) is 13.1. The molecule has 2 aromatic rings. The maximum absolute atomic E-state index is 12.7. The molecule has 1 saturated heterocycles. The van der Waals surface area contributed by atoms with Crippen molar-refractivity contribution in [3.63, 3.8) is 0 Å². The molecule has 2 N–H and O–H groups in total. The van der Waals surface area contributed by atoms with Crippen molar-refractivity contribution < 1.29 is 9.59 Å². The number of anilines is 1.